The summed E-state index contributed by atoms with van der Waals surface area (Å²) in [7, 11) is 0. The predicted molar refractivity (Wildman–Crippen MR) is 132 cm³/mol. The van der Waals surface area contributed by atoms with E-state index in [-0.39, 0.29) is 23.5 Å². The maximum atomic E-state index is 12.8. The lowest BCUT2D eigenvalue weighted by Gasteiger charge is -2.13. The molecule has 6 nitrogen and oxygen atoms in total. The molecule has 3 aromatic carbocycles. The molecular formula is C25H19N3O3S2. The summed E-state index contributed by atoms with van der Waals surface area (Å²) >= 11 is 2.79. The minimum atomic E-state index is -0.322. The van der Waals surface area contributed by atoms with Crippen molar-refractivity contribution < 1.29 is 14.4 Å². The maximum Gasteiger partial charge on any atom is 0.266 e. The molecule has 8 heteroatoms. The van der Waals surface area contributed by atoms with E-state index in [2.05, 4.69) is 16.4 Å². The van der Waals surface area contributed by atoms with Gasteiger partial charge >= 0.3 is 0 Å². The number of rotatable bonds is 5. The molecule has 0 saturated carbocycles. The fraction of sp³-hybridized carbons (Fsp3) is 0.120. The molecule has 0 spiro atoms. The summed E-state index contributed by atoms with van der Waals surface area (Å²) in [6.07, 6.45) is 0. The molecule has 2 heterocycles. The number of benzene rings is 3. The molecule has 0 fully saturated rings. The number of fused-ring (bicyclic) bond motifs is 2. The van der Waals surface area contributed by atoms with E-state index in [0.29, 0.717) is 16.8 Å². The van der Waals surface area contributed by atoms with Gasteiger partial charge in [0.2, 0.25) is 5.91 Å². The lowest BCUT2D eigenvalue weighted by atomic mass is 10.1. The first-order valence-corrected chi connectivity index (χ1v) is 12.1. The van der Waals surface area contributed by atoms with Crippen LogP contribution in [0, 0.1) is 13.8 Å². The molecule has 33 heavy (non-hydrogen) atoms. The van der Waals surface area contributed by atoms with Crippen LogP contribution in [0.1, 0.15) is 31.8 Å². The third-order valence-corrected chi connectivity index (χ3v) is 7.40. The van der Waals surface area contributed by atoms with Gasteiger partial charge < -0.3 is 5.32 Å². The predicted octanol–water partition coefficient (Wildman–Crippen LogP) is 5.44. The summed E-state index contributed by atoms with van der Waals surface area (Å²) < 4.78 is 1.60. The molecule has 0 saturated heterocycles. The minimum Gasteiger partial charge on any atom is -0.325 e. The van der Waals surface area contributed by atoms with Gasteiger partial charge in [0.1, 0.15) is 0 Å². The highest BCUT2D eigenvalue weighted by Crippen LogP contribution is 2.35. The van der Waals surface area contributed by atoms with E-state index in [1.807, 2.05) is 26.0 Å². The smallest absolute Gasteiger partial charge is 0.266 e. The zero-order valence-electron chi connectivity index (χ0n) is 17.9. The van der Waals surface area contributed by atoms with Crippen LogP contribution >= 0.6 is 23.1 Å². The fourth-order valence-corrected chi connectivity index (χ4v) is 5.79. The number of anilines is 2. The van der Waals surface area contributed by atoms with Gasteiger partial charge in [0.05, 0.1) is 32.8 Å². The molecule has 1 N–H and O–H groups in total. The Morgan fingerprint density at radius 3 is 2.30 bits per heavy atom. The number of amides is 3. The Labute approximate surface area is 198 Å². The Bertz CT molecular complexity index is 1390. The second-order valence-corrected chi connectivity index (χ2v) is 10.1. The molecule has 0 radical (unpaired) electrons. The van der Waals surface area contributed by atoms with Gasteiger partial charge in [-0.2, -0.15) is 0 Å². The molecule has 164 valence electrons. The van der Waals surface area contributed by atoms with Gasteiger partial charge in [0.15, 0.2) is 4.34 Å². The van der Waals surface area contributed by atoms with E-state index in [1.54, 1.807) is 42.5 Å². The van der Waals surface area contributed by atoms with Crippen molar-refractivity contribution in [1.82, 2.24) is 4.98 Å². The third kappa shape index (κ3) is 4.15. The van der Waals surface area contributed by atoms with Crippen molar-refractivity contribution in [2.24, 2.45) is 0 Å². The largest absolute Gasteiger partial charge is 0.325 e. The molecule has 1 aromatic heterocycles. The standard InChI is InChI=1S/C25H19N3O3S2/c1-14-9-15(2)11-16(10-14)26-22(29)13-32-25-27-20-8-7-17(12-21(20)33-25)28-23(30)18-5-3-4-6-19(18)24(28)31/h3-12H,13H2,1-2H3,(H,26,29). The number of aromatic nitrogens is 1. The van der Waals surface area contributed by atoms with Gasteiger partial charge in [0.25, 0.3) is 11.8 Å². The van der Waals surface area contributed by atoms with E-state index in [9.17, 15) is 14.4 Å². The van der Waals surface area contributed by atoms with Gasteiger partial charge in [-0.15, -0.1) is 11.3 Å². The SMILES string of the molecule is Cc1cc(C)cc(NC(=O)CSc2nc3ccc(N4C(=O)c5ccccc5C4=O)cc3s2)c1. The summed E-state index contributed by atoms with van der Waals surface area (Å²) in [6.45, 7) is 3.99. The van der Waals surface area contributed by atoms with Gasteiger partial charge in [-0.25, -0.2) is 9.88 Å². The average molecular weight is 474 g/mol. The van der Waals surface area contributed by atoms with Crippen LogP contribution in [0.15, 0.2) is 65.0 Å². The highest BCUT2D eigenvalue weighted by atomic mass is 32.2. The topological polar surface area (TPSA) is 79.4 Å². The first-order valence-electron chi connectivity index (χ1n) is 10.3. The van der Waals surface area contributed by atoms with Crippen molar-refractivity contribution in [3.63, 3.8) is 0 Å². The number of imide groups is 1. The maximum absolute atomic E-state index is 12.8. The number of carbonyl (C=O) groups is 3. The van der Waals surface area contributed by atoms with Crippen LogP contribution in [0.4, 0.5) is 11.4 Å². The molecule has 0 atom stereocenters. The molecule has 0 aliphatic carbocycles. The van der Waals surface area contributed by atoms with Crippen LogP contribution in [0.5, 0.6) is 0 Å². The summed E-state index contributed by atoms with van der Waals surface area (Å²) in [5.74, 6) is -0.511. The van der Waals surface area contributed by atoms with Crippen LogP contribution in [0.25, 0.3) is 10.2 Å². The number of nitrogens with one attached hydrogen (secondary N) is 1. The van der Waals surface area contributed by atoms with Crippen LogP contribution in [-0.4, -0.2) is 28.5 Å². The van der Waals surface area contributed by atoms with E-state index in [4.69, 9.17) is 0 Å². The molecule has 1 aliphatic rings. The zero-order chi connectivity index (χ0) is 23.1. The van der Waals surface area contributed by atoms with Crippen LogP contribution in [-0.2, 0) is 4.79 Å². The Kier molecular flexibility index (Phi) is 5.47. The van der Waals surface area contributed by atoms with Gasteiger partial charge in [-0.3, -0.25) is 14.4 Å². The molecule has 5 rings (SSSR count). The Morgan fingerprint density at radius 1 is 0.970 bits per heavy atom. The van der Waals surface area contributed by atoms with Crippen molar-refractivity contribution in [3.05, 3.63) is 82.9 Å². The number of thioether (sulfide) groups is 1. The van der Waals surface area contributed by atoms with E-state index in [0.717, 1.165) is 31.4 Å². The van der Waals surface area contributed by atoms with E-state index in [1.165, 1.54) is 28.0 Å². The molecule has 4 aromatic rings. The number of aryl methyl sites for hydroxylation is 2. The summed E-state index contributed by atoms with van der Waals surface area (Å²) in [5, 5.41) is 2.93. The Balaban J connectivity index is 1.30. The molecular weight excluding hydrogens is 454 g/mol. The number of thiazole rings is 1. The van der Waals surface area contributed by atoms with Crippen molar-refractivity contribution in [2.45, 2.75) is 18.2 Å². The van der Waals surface area contributed by atoms with Crippen molar-refractivity contribution in [3.8, 4) is 0 Å². The zero-order valence-corrected chi connectivity index (χ0v) is 19.5. The van der Waals surface area contributed by atoms with E-state index < -0.39 is 0 Å². The second kappa shape index (κ2) is 8.46. The fourth-order valence-electron chi connectivity index (χ4n) is 3.89. The van der Waals surface area contributed by atoms with Gasteiger partial charge in [-0.05, 0) is 67.4 Å². The summed E-state index contributed by atoms with van der Waals surface area (Å²) in [6, 6.07) is 18.1. The summed E-state index contributed by atoms with van der Waals surface area (Å²) in [5.41, 5.74) is 5.08. The number of carbonyl (C=O) groups excluding carboxylic acids is 3. The summed E-state index contributed by atoms with van der Waals surface area (Å²) in [4.78, 5) is 43.7. The average Bonchev–Trinajstić information content (AvgIpc) is 3.29. The van der Waals surface area contributed by atoms with Crippen LogP contribution < -0.4 is 10.2 Å². The second-order valence-electron chi connectivity index (χ2n) is 7.84. The van der Waals surface area contributed by atoms with Gasteiger partial charge in [-0.1, -0.05) is 30.0 Å². The van der Waals surface area contributed by atoms with Crippen molar-refractivity contribution in [2.75, 3.05) is 16.0 Å². The Morgan fingerprint density at radius 2 is 1.64 bits per heavy atom. The highest BCUT2D eigenvalue weighted by molar-refractivity contribution is 8.01. The molecule has 0 unspecified atom stereocenters. The molecule has 1 aliphatic heterocycles. The third-order valence-electron chi connectivity index (χ3n) is 5.24. The monoisotopic (exact) mass is 473 g/mol. The quantitative estimate of drug-likeness (QED) is 0.308. The van der Waals surface area contributed by atoms with Crippen molar-refractivity contribution in [1.29, 1.82) is 0 Å². The minimum absolute atomic E-state index is 0.101. The van der Waals surface area contributed by atoms with Crippen LogP contribution in [0.2, 0.25) is 0 Å². The molecule has 3 amide bonds. The Hall–Kier alpha value is -3.49. The normalized spacial score (nSPS) is 13.0. The van der Waals surface area contributed by atoms with E-state index >= 15 is 0 Å². The number of hydrogen-bond donors (Lipinski definition) is 1. The highest BCUT2D eigenvalue weighted by Gasteiger charge is 2.36. The van der Waals surface area contributed by atoms with Crippen LogP contribution in [0.3, 0.4) is 0 Å². The number of nitrogens with zero attached hydrogens (tertiary/aromatic N) is 2. The van der Waals surface area contributed by atoms with Gasteiger partial charge in [0, 0.05) is 5.69 Å². The lowest BCUT2D eigenvalue weighted by Crippen LogP contribution is -2.29. The van der Waals surface area contributed by atoms with Crippen molar-refractivity contribution >= 4 is 62.4 Å². The lowest BCUT2D eigenvalue weighted by molar-refractivity contribution is -0.113. The first-order chi connectivity index (χ1) is 15.9. The molecule has 0 bridgehead atoms. The first kappa shape index (κ1) is 21.4. The number of hydrogen-bond acceptors (Lipinski definition) is 6.